The fourth-order valence-electron chi connectivity index (χ4n) is 4.03. The highest BCUT2D eigenvalue weighted by atomic mass is 35.5. The van der Waals surface area contributed by atoms with Gasteiger partial charge in [-0.1, -0.05) is 54.9 Å². The predicted molar refractivity (Wildman–Crippen MR) is 110 cm³/mol. The molecule has 1 aliphatic heterocycles. The average molecular weight is 397 g/mol. The van der Waals surface area contributed by atoms with Crippen molar-refractivity contribution in [2.24, 2.45) is 0 Å². The molecule has 0 saturated heterocycles. The van der Waals surface area contributed by atoms with Crippen LogP contribution in [0, 0.1) is 0 Å². The number of rotatable bonds is 5. The van der Waals surface area contributed by atoms with Gasteiger partial charge in [0, 0.05) is 22.6 Å². The van der Waals surface area contributed by atoms with E-state index < -0.39 is 0 Å². The van der Waals surface area contributed by atoms with E-state index in [2.05, 4.69) is 72.7 Å². The van der Waals surface area contributed by atoms with Gasteiger partial charge in [-0.15, -0.1) is 5.10 Å². The molecule has 1 aromatic heterocycles. The van der Waals surface area contributed by atoms with Crippen LogP contribution in [0.1, 0.15) is 55.7 Å². The number of hydrogen-bond donors (Lipinski definition) is 1. The van der Waals surface area contributed by atoms with Crippen LogP contribution >= 0.6 is 11.6 Å². The van der Waals surface area contributed by atoms with Crippen molar-refractivity contribution in [1.82, 2.24) is 20.2 Å². The first kappa shape index (κ1) is 19.1. The standard InChI is InChI=1S/C22H26ClN5/c1-4-22(2,3)28-21(24-25-26-28)20(17-9-11-19(23)12-10-17)27-14-13-16-7-5-6-8-18(16)15-27/h5-12,20H,4,13-15H2,1-3H3/p+1/t20-/m0/s1. The van der Waals surface area contributed by atoms with E-state index in [9.17, 15) is 0 Å². The molecular weight excluding hydrogens is 370 g/mol. The lowest BCUT2D eigenvalue weighted by atomic mass is 9.95. The Labute approximate surface area is 171 Å². The third-order valence-electron chi connectivity index (χ3n) is 6.05. The Kier molecular flexibility index (Phi) is 5.21. The van der Waals surface area contributed by atoms with Crippen LogP contribution in [0.15, 0.2) is 48.5 Å². The average Bonchev–Trinajstić information content (AvgIpc) is 3.20. The molecule has 0 aliphatic carbocycles. The molecule has 0 fully saturated rings. The highest BCUT2D eigenvalue weighted by Gasteiger charge is 2.36. The summed E-state index contributed by atoms with van der Waals surface area (Å²) in [5, 5.41) is 13.7. The first-order chi connectivity index (χ1) is 13.5. The topological polar surface area (TPSA) is 48.0 Å². The van der Waals surface area contributed by atoms with E-state index >= 15 is 0 Å². The minimum atomic E-state index is -0.142. The summed E-state index contributed by atoms with van der Waals surface area (Å²) in [6.07, 6.45) is 2.02. The molecule has 2 atom stereocenters. The molecule has 2 aromatic carbocycles. The zero-order valence-electron chi connectivity index (χ0n) is 16.7. The maximum Gasteiger partial charge on any atom is 0.214 e. The molecule has 0 spiro atoms. The maximum atomic E-state index is 6.17. The summed E-state index contributed by atoms with van der Waals surface area (Å²) in [7, 11) is 0. The van der Waals surface area contributed by atoms with Crippen LogP contribution < -0.4 is 4.90 Å². The van der Waals surface area contributed by atoms with Crippen molar-refractivity contribution in [3.05, 3.63) is 76.1 Å². The van der Waals surface area contributed by atoms with Gasteiger partial charge >= 0.3 is 0 Å². The monoisotopic (exact) mass is 396 g/mol. The predicted octanol–water partition coefficient (Wildman–Crippen LogP) is 3.20. The number of nitrogens with one attached hydrogen (secondary N) is 1. The molecule has 4 rings (SSSR count). The van der Waals surface area contributed by atoms with Crippen LogP contribution in [-0.2, 0) is 18.5 Å². The quantitative estimate of drug-likeness (QED) is 0.720. The van der Waals surface area contributed by atoms with E-state index in [-0.39, 0.29) is 11.6 Å². The first-order valence-electron chi connectivity index (χ1n) is 9.95. The van der Waals surface area contributed by atoms with E-state index in [0.29, 0.717) is 0 Å². The van der Waals surface area contributed by atoms with Gasteiger partial charge in [0.1, 0.15) is 6.54 Å². The Bertz CT molecular complexity index is 948. The molecule has 0 bridgehead atoms. The minimum absolute atomic E-state index is 0.0615. The minimum Gasteiger partial charge on any atom is -0.318 e. The maximum absolute atomic E-state index is 6.17. The summed E-state index contributed by atoms with van der Waals surface area (Å²) < 4.78 is 2.01. The van der Waals surface area contributed by atoms with Crippen molar-refractivity contribution in [2.45, 2.75) is 51.7 Å². The molecule has 3 aromatic rings. The Balaban J connectivity index is 1.79. The summed E-state index contributed by atoms with van der Waals surface area (Å²) in [6.45, 7) is 8.55. The van der Waals surface area contributed by atoms with Gasteiger partial charge in [0.05, 0.1) is 12.1 Å². The van der Waals surface area contributed by atoms with Crippen LogP contribution in [0.5, 0.6) is 0 Å². The van der Waals surface area contributed by atoms with Crippen molar-refractivity contribution in [2.75, 3.05) is 6.54 Å². The summed E-state index contributed by atoms with van der Waals surface area (Å²) >= 11 is 6.17. The second-order valence-electron chi connectivity index (χ2n) is 8.20. The second-order valence-corrected chi connectivity index (χ2v) is 8.64. The zero-order valence-corrected chi connectivity index (χ0v) is 17.4. The number of tetrazole rings is 1. The SMILES string of the molecule is CCC(C)(C)n1nnnc1[C@H](c1ccc(Cl)cc1)[NH+]1CCc2ccccc2C1. The molecule has 0 amide bonds. The second kappa shape index (κ2) is 7.64. The van der Waals surface area contributed by atoms with E-state index in [1.807, 2.05) is 16.8 Å². The van der Waals surface area contributed by atoms with Gasteiger partial charge < -0.3 is 4.90 Å². The first-order valence-corrected chi connectivity index (χ1v) is 10.3. The Morgan fingerprint density at radius 1 is 1.11 bits per heavy atom. The smallest absolute Gasteiger partial charge is 0.214 e. The number of aromatic nitrogens is 4. The lowest BCUT2D eigenvalue weighted by molar-refractivity contribution is -0.941. The third-order valence-corrected chi connectivity index (χ3v) is 6.31. The third kappa shape index (κ3) is 3.56. The molecule has 1 aliphatic rings. The lowest BCUT2D eigenvalue weighted by Gasteiger charge is -2.34. The van der Waals surface area contributed by atoms with Crippen molar-refractivity contribution in [3.8, 4) is 0 Å². The van der Waals surface area contributed by atoms with Gasteiger partial charge in [-0.3, -0.25) is 0 Å². The molecule has 0 radical (unpaired) electrons. The van der Waals surface area contributed by atoms with Crippen molar-refractivity contribution in [1.29, 1.82) is 0 Å². The normalized spacial score (nSPS) is 17.9. The van der Waals surface area contributed by atoms with Crippen LogP contribution in [0.3, 0.4) is 0 Å². The van der Waals surface area contributed by atoms with Gasteiger partial charge in [0.15, 0.2) is 6.04 Å². The molecule has 6 heteroatoms. The van der Waals surface area contributed by atoms with Gasteiger partial charge in [-0.05, 0) is 48.4 Å². The number of benzene rings is 2. The van der Waals surface area contributed by atoms with E-state index in [4.69, 9.17) is 11.6 Å². The Hall–Kier alpha value is -2.24. The van der Waals surface area contributed by atoms with Gasteiger partial charge in [0.2, 0.25) is 5.82 Å². The number of fused-ring (bicyclic) bond motifs is 1. The van der Waals surface area contributed by atoms with Crippen LogP contribution in [0.25, 0.3) is 0 Å². The van der Waals surface area contributed by atoms with Crippen LogP contribution in [0.4, 0.5) is 0 Å². The summed E-state index contributed by atoms with van der Waals surface area (Å²) in [5.41, 5.74) is 3.92. The molecule has 28 heavy (non-hydrogen) atoms. The van der Waals surface area contributed by atoms with Gasteiger partial charge in [-0.2, -0.15) is 0 Å². The number of halogens is 1. The highest BCUT2D eigenvalue weighted by molar-refractivity contribution is 6.30. The van der Waals surface area contributed by atoms with Crippen LogP contribution in [0.2, 0.25) is 5.02 Å². The van der Waals surface area contributed by atoms with Crippen molar-refractivity contribution in [3.63, 3.8) is 0 Å². The fraction of sp³-hybridized carbons (Fsp3) is 0.409. The molecule has 1 N–H and O–H groups in total. The number of nitrogens with zero attached hydrogens (tertiary/aromatic N) is 4. The lowest BCUT2D eigenvalue weighted by Crippen LogP contribution is -3.12. The molecule has 1 unspecified atom stereocenters. The molecule has 146 valence electrons. The molecule has 0 saturated carbocycles. The largest absolute Gasteiger partial charge is 0.318 e. The Morgan fingerprint density at radius 2 is 1.82 bits per heavy atom. The zero-order chi connectivity index (χ0) is 19.7. The van der Waals surface area contributed by atoms with Crippen LogP contribution in [-0.4, -0.2) is 26.8 Å². The highest BCUT2D eigenvalue weighted by Crippen LogP contribution is 2.26. The van der Waals surface area contributed by atoms with Crippen molar-refractivity contribution >= 4 is 11.6 Å². The molecular formula is C22H27ClN5+. The van der Waals surface area contributed by atoms with E-state index in [1.54, 1.807) is 0 Å². The summed E-state index contributed by atoms with van der Waals surface area (Å²) in [5.74, 6) is 0.920. The number of hydrogen-bond acceptors (Lipinski definition) is 3. The van der Waals surface area contributed by atoms with Gasteiger partial charge in [-0.25, -0.2) is 4.68 Å². The summed E-state index contributed by atoms with van der Waals surface area (Å²) in [6, 6.07) is 16.9. The molecule has 5 nitrogen and oxygen atoms in total. The summed E-state index contributed by atoms with van der Waals surface area (Å²) in [4.78, 5) is 1.46. The van der Waals surface area contributed by atoms with Crippen molar-refractivity contribution < 1.29 is 4.90 Å². The van der Waals surface area contributed by atoms with E-state index in [0.717, 1.165) is 36.8 Å². The molecule has 2 heterocycles. The fourth-order valence-corrected chi connectivity index (χ4v) is 4.15. The number of quaternary nitrogens is 1. The van der Waals surface area contributed by atoms with E-state index in [1.165, 1.54) is 21.6 Å². The Morgan fingerprint density at radius 3 is 2.54 bits per heavy atom. The van der Waals surface area contributed by atoms with Gasteiger partial charge in [0.25, 0.3) is 0 Å².